The maximum absolute atomic E-state index is 5.93. The van der Waals surface area contributed by atoms with E-state index >= 15 is 0 Å². The minimum Gasteiger partial charge on any atom is -0.497 e. The second-order valence-electron chi connectivity index (χ2n) is 4.24. The predicted octanol–water partition coefficient (Wildman–Crippen LogP) is 5.59. The molecule has 0 bridgehead atoms. The van der Waals surface area contributed by atoms with Crippen LogP contribution in [0.2, 0.25) is 5.02 Å². The molecule has 1 atom stereocenters. The Morgan fingerprint density at radius 2 is 1.68 bits per heavy atom. The van der Waals surface area contributed by atoms with Crippen molar-refractivity contribution in [2.24, 2.45) is 0 Å². The molecule has 0 spiro atoms. The zero-order valence-corrected chi connectivity index (χ0v) is 12.7. The molecule has 0 heterocycles. The minimum atomic E-state index is 0.450. The summed E-state index contributed by atoms with van der Waals surface area (Å²) in [7, 11) is 1.69. The SMILES string of the molecule is CCC(Sc1ccc(OC)cc1)c1ccc(Cl)cc1. The van der Waals surface area contributed by atoms with Crippen molar-refractivity contribution < 1.29 is 4.74 Å². The predicted molar refractivity (Wildman–Crippen MR) is 83.3 cm³/mol. The highest BCUT2D eigenvalue weighted by Crippen LogP contribution is 2.38. The van der Waals surface area contributed by atoms with Gasteiger partial charge in [0, 0.05) is 15.2 Å². The van der Waals surface area contributed by atoms with Crippen LogP contribution in [0.15, 0.2) is 53.4 Å². The highest BCUT2D eigenvalue weighted by Gasteiger charge is 2.11. The van der Waals surface area contributed by atoms with Crippen LogP contribution in [-0.4, -0.2) is 7.11 Å². The monoisotopic (exact) mass is 292 g/mol. The van der Waals surface area contributed by atoms with E-state index in [-0.39, 0.29) is 0 Å². The van der Waals surface area contributed by atoms with Crippen molar-refractivity contribution in [1.29, 1.82) is 0 Å². The van der Waals surface area contributed by atoms with Gasteiger partial charge in [-0.2, -0.15) is 0 Å². The average Bonchev–Trinajstić information content (AvgIpc) is 2.46. The molecule has 3 heteroatoms. The van der Waals surface area contributed by atoms with Crippen molar-refractivity contribution in [2.45, 2.75) is 23.5 Å². The van der Waals surface area contributed by atoms with E-state index < -0.39 is 0 Å². The van der Waals surface area contributed by atoms with Gasteiger partial charge in [-0.1, -0.05) is 30.7 Å². The lowest BCUT2D eigenvalue weighted by Crippen LogP contribution is -1.92. The first-order valence-corrected chi connectivity index (χ1v) is 7.55. The number of hydrogen-bond donors (Lipinski definition) is 0. The molecule has 1 nitrogen and oxygen atoms in total. The molecule has 1 unspecified atom stereocenters. The lowest BCUT2D eigenvalue weighted by molar-refractivity contribution is 0.414. The number of thioether (sulfide) groups is 1. The summed E-state index contributed by atoms with van der Waals surface area (Å²) in [6.07, 6.45) is 1.08. The van der Waals surface area contributed by atoms with Crippen molar-refractivity contribution >= 4 is 23.4 Å². The third-order valence-corrected chi connectivity index (χ3v) is 4.64. The Morgan fingerprint density at radius 3 is 2.21 bits per heavy atom. The summed E-state index contributed by atoms with van der Waals surface area (Å²) >= 11 is 7.80. The molecule has 100 valence electrons. The zero-order valence-electron chi connectivity index (χ0n) is 11.1. The van der Waals surface area contributed by atoms with E-state index in [2.05, 4.69) is 31.2 Å². The first-order chi connectivity index (χ1) is 9.22. The van der Waals surface area contributed by atoms with E-state index in [1.165, 1.54) is 10.5 Å². The van der Waals surface area contributed by atoms with Crippen molar-refractivity contribution in [2.75, 3.05) is 7.11 Å². The topological polar surface area (TPSA) is 9.23 Å². The third-order valence-electron chi connectivity index (χ3n) is 2.95. The smallest absolute Gasteiger partial charge is 0.118 e. The molecule has 2 aromatic carbocycles. The highest BCUT2D eigenvalue weighted by molar-refractivity contribution is 7.99. The number of halogens is 1. The van der Waals surface area contributed by atoms with Crippen molar-refractivity contribution in [3.05, 3.63) is 59.1 Å². The normalized spacial score (nSPS) is 12.2. The molecular weight excluding hydrogens is 276 g/mol. The van der Waals surface area contributed by atoms with Gasteiger partial charge in [0.25, 0.3) is 0 Å². The quantitative estimate of drug-likeness (QED) is 0.664. The molecule has 2 rings (SSSR count). The fourth-order valence-electron chi connectivity index (χ4n) is 1.88. The zero-order chi connectivity index (χ0) is 13.7. The molecule has 0 aliphatic heterocycles. The third kappa shape index (κ3) is 3.92. The molecule has 0 aromatic heterocycles. The highest BCUT2D eigenvalue weighted by atomic mass is 35.5. The number of hydrogen-bond acceptors (Lipinski definition) is 2. The van der Waals surface area contributed by atoms with Gasteiger partial charge in [-0.3, -0.25) is 0 Å². The van der Waals surface area contributed by atoms with Gasteiger partial charge in [0.05, 0.1) is 7.11 Å². The Bertz CT molecular complexity index is 507. The van der Waals surface area contributed by atoms with Crippen LogP contribution >= 0.6 is 23.4 Å². The second kappa shape index (κ2) is 6.88. The van der Waals surface area contributed by atoms with E-state index in [4.69, 9.17) is 16.3 Å². The van der Waals surface area contributed by atoms with E-state index in [1.54, 1.807) is 7.11 Å². The Kier molecular flexibility index (Phi) is 5.17. The Hall–Kier alpha value is -1.12. The van der Waals surface area contributed by atoms with Crippen molar-refractivity contribution in [1.82, 2.24) is 0 Å². The van der Waals surface area contributed by atoms with Gasteiger partial charge in [0.1, 0.15) is 5.75 Å². The van der Waals surface area contributed by atoms with Gasteiger partial charge in [0.2, 0.25) is 0 Å². The maximum Gasteiger partial charge on any atom is 0.118 e. The lowest BCUT2D eigenvalue weighted by atomic mass is 10.1. The van der Waals surface area contributed by atoms with Crippen LogP contribution in [0.25, 0.3) is 0 Å². The average molecular weight is 293 g/mol. The summed E-state index contributed by atoms with van der Waals surface area (Å²) in [6, 6.07) is 16.3. The summed E-state index contributed by atoms with van der Waals surface area (Å²) in [5, 5.41) is 1.23. The Balaban J connectivity index is 2.11. The van der Waals surface area contributed by atoms with E-state index in [0.717, 1.165) is 17.2 Å². The minimum absolute atomic E-state index is 0.450. The molecule has 0 radical (unpaired) electrons. The largest absolute Gasteiger partial charge is 0.497 e. The Labute approximate surface area is 123 Å². The summed E-state index contributed by atoms with van der Waals surface area (Å²) in [4.78, 5) is 1.25. The Morgan fingerprint density at radius 1 is 1.05 bits per heavy atom. The number of rotatable bonds is 5. The van der Waals surface area contributed by atoms with Crippen LogP contribution in [0.5, 0.6) is 5.75 Å². The van der Waals surface area contributed by atoms with Gasteiger partial charge in [-0.25, -0.2) is 0 Å². The van der Waals surface area contributed by atoms with Gasteiger partial charge in [0.15, 0.2) is 0 Å². The summed E-state index contributed by atoms with van der Waals surface area (Å²) in [5.74, 6) is 0.892. The van der Waals surface area contributed by atoms with Crippen LogP contribution in [0.3, 0.4) is 0 Å². The molecule has 0 aliphatic carbocycles. The van der Waals surface area contributed by atoms with Crippen molar-refractivity contribution in [3.8, 4) is 5.75 Å². The molecule has 0 N–H and O–H groups in total. The summed E-state index contributed by atoms with van der Waals surface area (Å²) in [6.45, 7) is 2.20. The van der Waals surface area contributed by atoms with Crippen molar-refractivity contribution in [3.63, 3.8) is 0 Å². The summed E-state index contributed by atoms with van der Waals surface area (Å²) in [5.41, 5.74) is 1.31. The molecule has 19 heavy (non-hydrogen) atoms. The van der Waals surface area contributed by atoms with Crippen LogP contribution in [0, 0.1) is 0 Å². The number of ether oxygens (including phenoxy) is 1. The molecule has 0 saturated heterocycles. The second-order valence-corrected chi connectivity index (χ2v) is 5.95. The van der Waals surface area contributed by atoms with Gasteiger partial charge in [-0.05, 0) is 48.4 Å². The van der Waals surface area contributed by atoms with E-state index in [0.29, 0.717) is 5.25 Å². The number of methoxy groups -OCH3 is 1. The first kappa shape index (κ1) is 14.3. The van der Waals surface area contributed by atoms with E-state index in [1.807, 2.05) is 36.0 Å². The standard InChI is InChI=1S/C16H17ClOS/c1-3-16(12-4-6-13(17)7-5-12)19-15-10-8-14(18-2)9-11-15/h4-11,16H,3H2,1-2H3. The summed E-state index contributed by atoms with van der Waals surface area (Å²) < 4.78 is 5.17. The first-order valence-electron chi connectivity index (χ1n) is 6.29. The fraction of sp³-hybridized carbons (Fsp3) is 0.250. The molecule has 2 aromatic rings. The van der Waals surface area contributed by atoms with Crippen LogP contribution in [-0.2, 0) is 0 Å². The number of benzene rings is 2. The fourth-order valence-corrected chi connectivity index (χ4v) is 3.09. The van der Waals surface area contributed by atoms with Gasteiger partial charge >= 0.3 is 0 Å². The molecule has 0 saturated carbocycles. The lowest BCUT2D eigenvalue weighted by Gasteiger charge is -2.15. The maximum atomic E-state index is 5.93. The van der Waals surface area contributed by atoms with Crippen LogP contribution in [0.1, 0.15) is 24.2 Å². The van der Waals surface area contributed by atoms with Crippen LogP contribution < -0.4 is 4.74 Å². The molecule has 0 amide bonds. The van der Waals surface area contributed by atoms with Gasteiger partial charge < -0.3 is 4.74 Å². The molecule has 0 fully saturated rings. The van der Waals surface area contributed by atoms with E-state index in [9.17, 15) is 0 Å². The molecular formula is C16H17ClOS. The molecule has 0 aliphatic rings. The van der Waals surface area contributed by atoms with Gasteiger partial charge in [-0.15, -0.1) is 11.8 Å². The van der Waals surface area contributed by atoms with Crippen LogP contribution in [0.4, 0.5) is 0 Å².